The van der Waals surface area contributed by atoms with Crippen molar-refractivity contribution in [2.75, 3.05) is 13.1 Å². The quantitative estimate of drug-likeness (QED) is 0.841. The molecule has 2 unspecified atom stereocenters. The molecule has 1 fully saturated rings. The van der Waals surface area contributed by atoms with E-state index in [2.05, 4.69) is 22.3 Å². The van der Waals surface area contributed by atoms with Crippen molar-refractivity contribution < 1.29 is 4.79 Å². The van der Waals surface area contributed by atoms with Gasteiger partial charge in [-0.3, -0.25) is 4.79 Å². The predicted octanol–water partition coefficient (Wildman–Crippen LogP) is 0.826. The fourth-order valence-corrected chi connectivity index (χ4v) is 2.36. The molecular weight excluding hydrogens is 216 g/mol. The number of hydrogen-bond donors (Lipinski definition) is 1. The second-order valence-corrected chi connectivity index (χ2v) is 5.10. The third-order valence-electron chi connectivity index (χ3n) is 3.40. The van der Waals surface area contributed by atoms with Crippen LogP contribution in [0.2, 0.25) is 0 Å². The molecule has 1 aromatic heterocycles. The number of rotatable bonds is 4. The van der Waals surface area contributed by atoms with Gasteiger partial charge in [0.05, 0.1) is 6.42 Å². The lowest BCUT2D eigenvalue weighted by Gasteiger charge is -2.14. The van der Waals surface area contributed by atoms with Crippen molar-refractivity contribution in [3.63, 3.8) is 0 Å². The van der Waals surface area contributed by atoms with Crippen molar-refractivity contribution in [1.82, 2.24) is 20.1 Å². The Morgan fingerprint density at radius 2 is 2.35 bits per heavy atom. The lowest BCUT2D eigenvalue weighted by Crippen LogP contribution is -2.25. The standard InChI is InChI=1S/C12H20N4O/c1-8(2)16-12(14-7-15-16)4-11(17)10-6-13-5-9(10)3/h7-10,13H,4-6H2,1-3H3. The molecule has 0 spiro atoms. The van der Waals surface area contributed by atoms with Crippen molar-refractivity contribution in [2.24, 2.45) is 11.8 Å². The van der Waals surface area contributed by atoms with Crippen molar-refractivity contribution in [2.45, 2.75) is 33.2 Å². The SMILES string of the molecule is CC1CNCC1C(=O)Cc1ncnn1C(C)C. The molecule has 2 heterocycles. The Morgan fingerprint density at radius 1 is 1.59 bits per heavy atom. The molecule has 0 radical (unpaired) electrons. The maximum Gasteiger partial charge on any atom is 0.145 e. The average molecular weight is 236 g/mol. The van der Waals surface area contributed by atoms with Crippen LogP contribution in [0.1, 0.15) is 32.6 Å². The van der Waals surface area contributed by atoms with Gasteiger partial charge < -0.3 is 5.32 Å². The van der Waals surface area contributed by atoms with Gasteiger partial charge in [0.25, 0.3) is 0 Å². The summed E-state index contributed by atoms with van der Waals surface area (Å²) in [6.45, 7) is 7.95. The first-order valence-corrected chi connectivity index (χ1v) is 6.21. The molecule has 1 aliphatic rings. The Labute approximate surface area is 102 Å². The summed E-state index contributed by atoms with van der Waals surface area (Å²) >= 11 is 0. The van der Waals surface area contributed by atoms with Gasteiger partial charge >= 0.3 is 0 Å². The maximum absolute atomic E-state index is 12.2. The Morgan fingerprint density at radius 3 is 2.94 bits per heavy atom. The summed E-state index contributed by atoms with van der Waals surface area (Å²) < 4.78 is 1.82. The van der Waals surface area contributed by atoms with Gasteiger partial charge in [0.1, 0.15) is 17.9 Å². The molecule has 0 bridgehead atoms. The minimum absolute atomic E-state index is 0.132. The Kier molecular flexibility index (Phi) is 3.57. The third-order valence-corrected chi connectivity index (χ3v) is 3.40. The van der Waals surface area contributed by atoms with E-state index in [9.17, 15) is 4.79 Å². The number of hydrogen-bond acceptors (Lipinski definition) is 4. The second-order valence-electron chi connectivity index (χ2n) is 5.10. The van der Waals surface area contributed by atoms with E-state index in [0.29, 0.717) is 12.3 Å². The number of nitrogens with one attached hydrogen (secondary N) is 1. The van der Waals surface area contributed by atoms with Crippen LogP contribution in [0.15, 0.2) is 6.33 Å². The Bertz CT molecular complexity index is 399. The highest BCUT2D eigenvalue weighted by Crippen LogP contribution is 2.19. The van der Waals surface area contributed by atoms with E-state index in [-0.39, 0.29) is 17.7 Å². The van der Waals surface area contributed by atoms with E-state index < -0.39 is 0 Å². The largest absolute Gasteiger partial charge is 0.316 e. The number of nitrogens with zero attached hydrogens (tertiary/aromatic N) is 3. The number of ketones is 1. The van der Waals surface area contributed by atoms with Crippen LogP contribution >= 0.6 is 0 Å². The van der Waals surface area contributed by atoms with Crippen LogP contribution in [0.3, 0.4) is 0 Å². The zero-order valence-electron chi connectivity index (χ0n) is 10.7. The average Bonchev–Trinajstić information content (AvgIpc) is 2.86. The summed E-state index contributed by atoms with van der Waals surface area (Å²) in [4.78, 5) is 16.4. The summed E-state index contributed by atoms with van der Waals surface area (Å²) in [6.07, 6.45) is 1.92. The van der Waals surface area contributed by atoms with Crippen molar-refractivity contribution >= 4 is 5.78 Å². The maximum atomic E-state index is 12.2. The highest BCUT2D eigenvalue weighted by Gasteiger charge is 2.30. The molecule has 2 atom stereocenters. The van der Waals surface area contributed by atoms with Gasteiger partial charge in [-0.2, -0.15) is 5.10 Å². The zero-order valence-corrected chi connectivity index (χ0v) is 10.7. The third kappa shape index (κ3) is 2.54. The fraction of sp³-hybridized carbons (Fsp3) is 0.750. The first-order valence-electron chi connectivity index (χ1n) is 6.21. The molecule has 5 nitrogen and oxygen atoms in total. The molecule has 1 N–H and O–H groups in total. The molecule has 0 saturated carbocycles. The van der Waals surface area contributed by atoms with Gasteiger partial charge in [-0.1, -0.05) is 6.92 Å². The number of carbonyl (C=O) groups is 1. The summed E-state index contributed by atoms with van der Waals surface area (Å²) in [5, 5.41) is 7.41. The lowest BCUT2D eigenvalue weighted by molar-refractivity contribution is -0.122. The molecule has 2 rings (SSSR count). The van der Waals surface area contributed by atoms with Crippen molar-refractivity contribution in [3.8, 4) is 0 Å². The Hall–Kier alpha value is -1.23. The minimum Gasteiger partial charge on any atom is -0.316 e. The van der Waals surface area contributed by atoms with Crippen LogP contribution in [0.25, 0.3) is 0 Å². The smallest absolute Gasteiger partial charge is 0.145 e. The van der Waals surface area contributed by atoms with E-state index in [1.165, 1.54) is 6.33 Å². The van der Waals surface area contributed by atoms with Crippen LogP contribution < -0.4 is 5.32 Å². The van der Waals surface area contributed by atoms with Gasteiger partial charge in [-0.25, -0.2) is 9.67 Å². The van der Waals surface area contributed by atoms with Crippen LogP contribution in [-0.4, -0.2) is 33.6 Å². The topological polar surface area (TPSA) is 59.8 Å². The van der Waals surface area contributed by atoms with E-state index in [0.717, 1.165) is 18.9 Å². The second kappa shape index (κ2) is 4.96. The number of aromatic nitrogens is 3. The van der Waals surface area contributed by atoms with Gasteiger partial charge in [-0.15, -0.1) is 0 Å². The molecule has 1 aromatic rings. The van der Waals surface area contributed by atoms with E-state index in [4.69, 9.17) is 0 Å². The molecular formula is C12H20N4O. The highest BCUT2D eigenvalue weighted by atomic mass is 16.1. The predicted molar refractivity (Wildman–Crippen MR) is 64.6 cm³/mol. The van der Waals surface area contributed by atoms with E-state index >= 15 is 0 Å². The molecule has 0 aromatic carbocycles. The van der Waals surface area contributed by atoms with Crippen LogP contribution in [0, 0.1) is 11.8 Å². The van der Waals surface area contributed by atoms with Crippen LogP contribution in [-0.2, 0) is 11.2 Å². The fourth-order valence-electron chi connectivity index (χ4n) is 2.36. The summed E-state index contributed by atoms with van der Waals surface area (Å²) in [6, 6.07) is 0.249. The van der Waals surface area contributed by atoms with Gasteiger partial charge in [0.15, 0.2) is 0 Å². The van der Waals surface area contributed by atoms with Gasteiger partial charge in [0, 0.05) is 18.5 Å². The van der Waals surface area contributed by atoms with E-state index in [1.54, 1.807) is 0 Å². The van der Waals surface area contributed by atoms with Crippen LogP contribution in [0.5, 0.6) is 0 Å². The first-order chi connectivity index (χ1) is 8.09. The first kappa shape index (κ1) is 12.2. The molecule has 1 aliphatic heterocycles. The molecule has 0 amide bonds. The van der Waals surface area contributed by atoms with Crippen molar-refractivity contribution in [1.29, 1.82) is 0 Å². The summed E-state index contributed by atoms with van der Waals surface area (Å²) in [5.41, 5.74) is 0. The highest BCUT2D eigenvalue weighted by molar-refractivity contribution is 5.83. The van der Waals surface area contributed by atoms with Crippen molar-refractivity contribution in [3.05, 3.63) is 12.2 Å². The van der Waals surface area contributed by atoms with Gasteiger partial charge in [0.2, 0.25) is 0 Å². The van der Waals surface area contributed by atoms with E-state index in [1.807, 2.05) is 18.5 Å². The lowest BCUT2D eigenvalue weighted by atomic mass is 9.92. The number of Topliss-reactive ketones (excluding diaryl/α,β-unsaturated/α-hetero) is 1. The van der Waals surface area contributed by atoms with Gasteiger partial charge in [-0.05, 0) is 26.3 Å². The molecule has 94 valence electrons. The normalized spacial score (nSPS) is 24.5. The number of carbonyl (C=O) groups excluding carboxylic acids is 1. The molecule has 5 heteroatoms. The summed E-state index contributed by atoms with van der Waals surface area (Å²) in [5.74, 6) is 1.62. The molecule has 17 heavy (non-hydrogen) atoms. The van der Waals surface area contributed by atoms with Crippen LogP contribution in [0.4, 0.5) is 0 Å². The monoisotopic (exact) mass is 236 g/mol. The minimum atomic E-state index is 0.132. The summed E-state index contributed by atoms with van der Waals surface area (Å²) in [7, 11) is 0. The molecule has 1 saturated heterocycles. The Balaban J connectivity index is 2.05. The zero-order chi connectivity index (χ0) is 12.4. The molecule has 0 aliphatic carbocycles.